The van der Waals surface area contributed by atoms with E-state index >= 15 is 0 Å². The van der Waals surface area contributed by atoms with Crippen LogP contribution in [-0.4, -0.2) is 4.57 Å². The summed E-state index contributed by atoms with van der Waals surface area (Å²) in [5, 5.41) is 4.64. The highest BCUT2D eigenvalue weighted by Crippen LogP contribution is 2.29. The molecule has 0 aromatic carbocycles. The molecule has 0 saturated carbocycles. The zero-order chi connectivity index (χ0) is 13.3. The lowest BCUT2D eigenvalue weighted by Crippen LogP contribution is -2.11. The Morgan fingerprint density at radius 3 is 2.44 bits per heavy atom. The van der Waals surface area contributed by atoms with E-state index in [0.717, 1.165) is 12.2 Å². The Hall–Kier alpha value is -1.48. The predicted molar refractivity (Wildman–Crippen MR) is 79.5 cm³/mol. The van der Waals surface area contributed by atoms with Crippen LogP contribution >= 0.6 is 11.3 Å². The number of hydrogen-bond donors (Lipinski definition) is 1. The molecule has 2 aromatic rings. The van der Waals surface area contributed by atoms with Crippen LogP contribution in [0.5, 0.6) is 0 Å². The molecule has 0 atom stereocenters. The average Bonchev–Trinajstić information content (AvgIpc) is 2.79. The first kappa shape index (κ1) is 13.0. The zero-order valence-electron chi connectivity index (χ0n) is 11.5. The second-order valence-electron chi connectivity index (χ2n) is 4.77. The van der Waals surface area contributed by atoms with Crippen molar-refractivity contribution in [2.24, 2.45) is 0 Å². The number of nitrogens with one attached hydrogen (secondary N) is 1. The molecule has 0 saturated heterocycles. The van der Waals surface area contributed by atoms with Crippen molar-refractivity contribution in [2.45, 2.75) is 34.2 Å². The van der Waals surface area contributed by atoms with Gasteiger partial charge < -0.3 is 9.88 Å². The van der Waals surface area contributed by atoms with Gasteiger partial charge >= 0.3 is 0 Å². The van der Waals surface area contributed by atoms with E-state index in [4.69, 9.17) is 0 Å². The number of aromatic nitrogens is 1. The monoisotopic (exact) mass is 260 g/mol. The van der Waals surface area contributed by atoms with Crippen molar-refractivity contribution in [1.29, 1.82) is 0 Å². The molecule has 2 aromatic heterocycles. The minimum Gasteiger partial charge on any atom is -0.385 e. The van der Waals surface area contributed by atoms with Gasteiger partial charge in [-0.05, 0) is 45.9 Å². The van der Waals surface area contributed by atoms with E-state index in [0.29, 0.717) is 0 Å². The molecule has 96 valence electrons. The molecule has 0 fully saturated rings. The summed E-state index contributed by atoms with van der Waals surface area (Å²) in [6.45, 7) is 13.2. The van der Waals surface area contributed by atoms with Gasteiger partial charge in [-0.25, -0.2) is 0 Å². The van der Waals surface area contributed by atoms with E-state index in [9.17, 15) is 0 Å². The summed E-state index contributed by atoms with van der Waals surface area (Å²) in [6.07, 6.45) is 0. The summed E-state index contributed by atoms with van der Waals surface area (Å²) in [6, 6.07) is 6.59. The summed E-state index contributed by atoms with van der Waals surface area (Å²) in [5.74, 6) is 0. The van der Waals surface area contributed by atoms with Gasteiger partial charge in [0.05, 0.1) is 0 Å². The molecule has 0 aliphatic rings. The van der Waals surface area contributed by atoms with E-state index in [2.05, 4.69) is 55.4 Å². The molecule has 0 aliphatic heterocycles. The van der Waals surface area contributed by atoms with Crippen molar-refractivity contribution in [2.75, 3.05) is 0 Å². The predicted octanol–water partition coefficient (Wildman–Crippen LogP) is 4.09. The van der Waals surface area contributed by atoms with E-state index in [1.807, 2.05) is 18.3 Å². The van der Waals surface area contributed by atoms with Crippen molar-refractivity contribution in [3.8, 4) is 5.00 Å². The molecule has 2 heterocycles. The Morgan fingerprint density at radius 1 is 1.28 bits per heavy atom. The standard InChI is InChI=1S/C15H20N2S/c1-10(2)16-9-14-8-13(5)18-15(14)17-11(3)6-7-12(17)4/h6-8,16H,1,9H2,2-5H3. The van der Waals surface area contributed by atoms with Crippen LogP contribution in [-0.2, 0) is 6.54 Å². The first-order valence-electron chi connectivity index (χ1n) is 6.13. The molecule has 2 nitrogen and oxygen atoms in total. The summed E-state index contributed by atoms with van der Waals surface area (Å²) in [4.78, 5) is 1.34. The Bertz CT molecular complexity index is 556. The van der Waals surface area contributed by atoms with Gasteiger partial charge in [0.15, 0.2) is 0 Å². The number of thiophene rings is 1. The number of nitrogens with zero attached hydrogens (tertiary/aromatic N) is 1. The second-order valence-corrected chi connectivity index (χ2v) is 6.01. The fourth-order valence-electron chi connectivity index (χ4n) is 2.11. The highest BCUT2D eigenvalue weighted by molar-refractivity contribution is 7.14. The molecule has 3 heteroatoms. The van der Waals surface area contributed by atoms with E-state index in [1.165, 1.54) is 26.8 Å². The molecule has 2 rings (SSSR count). The summed E-state index contributed by atoms with van der Waals surface area (Å²) in [5.41, 5.74) is 4.91. The summed E-state index contributed by atoms with van der Waals surface area (Å²) >= 11 is 1.85. The van der Waals surface area contributed by atoms with Crippen LogP contribution < -0.4 is 5.32 Å². The molecule has 0 spiro atoms. The fourth-order valence-corrected chi connectivity index (χ4v) is 3.25. The van der Waals surface area contributed by atoms with Gasteiger partial charge in [0.2, 0.25) is 0 Å². The fraction of sp³-hybridized carbons (Fsp3) is 0.333. The number of rotatable bonds is 4. The van der Waals surface area contributed by atoms with Crippen molar-refractivity contribution in [3.05, 3.63) is 52.3 Å². The maximum Gasteiger partial charge on any atom is 0.105 e. The topological polar surface area (TPSA) is 17.0 Å². The second kappa shape index (κ2) is 5.02. The molecule has 18 heavy (non-hydrogen) atoms. The lowest BCUT2D eigenvalue weighted by Gasteiger charge is -2.11. The van der Waals surface area contributed by atoms with Crippen LogP contribution in [0.3, 0.4) is 0 Å². The molecule has 0 unspecified atom stereocenters. The quantitative estimate of drug-likeness (QED) is 0.876. The lowest BCUT2D eigenvalue weighted by molar-refractivity contribution is 0.807. The van der Waals surface area contributed by atoms with E-state index in [-0.39, 0.29) is 0 Å². The van der Waals surface area contributed by atoms with Gasteiger partial charge in [-0.3, -0.25) is 0 Å². The molecule has 0 radical (unpaired) electrons. The Morgan fingerprint density at radius 2 is 1.89 bits per heavy atom. The van der Waals surface area contributed by atoms with Crippen molar-refractivity contribution in [3.63, 3.8) is 0 Å². The van der Waals surface area contributed by atoms with E-state index in [1.54, 1.807) is 0 Å². The Labute approximate surface area is 113 Å². The van der Waals surface area contributed by atoms with Crippen LogP contribution in [0.1, 0.15) is 28.8 Å². The maximum absolute atomic E-state index is 3.89. The minimum atomic E-state index is 0.839. The molecule has 1 N–H and O–H groups in total. The third-order valence-corrected chi connectivity index (χ3v) is 4.04. The largest absolute Gasteiger partial charge is 0.385 e. The highest BCUT2D eigenvalue weighted by Gasteiger charge is 2.12. The van der Waals surface area contributed by atoms with Gasteiger partial charge in [0.1, 0.15) is 5.00 Å². The van der Waals surface area contributed by atoms with Crippen LogP contribution in [0.25, 0.3) is 5.00 Å². The minimum absolute atomic E-state index is 0.839. The maximum atomic E-state index is 3.89. The smallest absolute Gasteiger partial charge is 0.105 e. The number of hydrogen-bond acceptors (Lipinski definition) is 2. The number of aryl methyl sites for hydroxylation is 3. The van der Waals surface area contributed by atoms with Gasteiger partial charge in [0, 0.05) is 34.1 Å². The molecule has 0 amide bonds. The van der Waals surface area contributed by atoms with Crippen LogP contribution in [0.4, 0.5) is 0 Å². The third kappa shape index (κ3) is 2.51. The third-order valence-electron chi connectivity index (χ3n) is 2.96. The van der Waals surface area contributed by atoms with Gasteiger partial charge in [-0.15, -0.1) is 11.3 Å². The van der Waals surface area contributed by atoms with Crippen molar-refractivity contribution < 1.29 is 0 Å². The first-order valence-corrected chi connectivity index (χ1v) is 6.94. The van der Waals surface area contributed by atoms with Gasteiger partial charge in [-0.2, -0.15) is 0 Å². The van der Waals surface area contributed by atoms with Crippen LogP contribution in [0.2, 0.25) is 0 Å². The van der Waals surface area contributed by atoms with Gasteiger partial charge in [0.25, 0.3) is 0 Å². The van der Waals surface area contributed by atoms with Crippen molar-refractivity contribution in [1.82, 2.24) is 9.88 Å². The SMILES string of the molecule is C=C(C)NCc1cc(C)sc1-n1c(C)ccc1C. The Balaban J connectivity index is 2.41. The van der Waals surface area contributed by atoms with Gasteiger partial charge in [-0.1, -0.05) is 6.58 Å². The summed E-state index contributed by atoms with van der Waals surface area (Å²) < 4.78 is 2.33. The molecular formula is C15H20N2S. The normalized spacial score (nSPS) is 10.7. The van der Waals surface area contributed by atoms with Crippen molar-refractivity contribution >= 4 is 11.3 Å². The highest BCUT2D eigenvalue weighted by atomic mass is 32.1. The average molecular weight is 260 g/mol. The lowest BCUT2D eigenvalue weighted by atomic mass is 10.2. The Kier molecular flexibility index (Phi) is 3.62. The molecule has 0 aliphatic carbocycles. The molecule has 0 bridgehead atoms. The first-order chi connectivity index (χ1) is 8.49. The number of allylic oxidation sites excluding steroid dienone is 1. The molecular weight excluding hydrogens is 240 g/mol. The summed E-state index contributed by atoms with van der Waals surface area (Å²) in [7, 11) is 0. The zero-order valence-corrected chi connectivity index (χ0v) is 12.3. The van der Waals surface area contributed by atoms with Crippen LogP contribution in [0, 0.1) is 20.8 Å². The van der Waals surface area contributed by atoms with Crippen LogP contribution in [0.15, 0.2) is 30.5 Å². The van der Waals surface area contributed by atoms with E-state index < -0.39 is 0 Å².